The summed E-state index contributed by atoms with van der Waals surface area (Å²) in [6.07, 6.45) is 0. The zero-order valence-corrected chi connectivity index (χ0v) is 22.9. The monoisotopic (exact) mass is 540 g/mol. The number of hydrogen-bond acceptors (Lipinski definition) is 8. The van der Waals surface area contributed by atoms with E-state index in [9.17, 15) is 9.59 Å². The molecule has 0 unspecified atom stereocenters. The average molecular weight is 541 g/mol. The van der Waals surface area contributed by atoms with E-state index < -0.39 is 0 Å². The molecule has 2 heterocycles. The summed E-state index contributed by atoms with van der Waals surface area (Å²) in [5.74, 6) is 0.996. The number of benzene rings is 3. The normalized spacial score (nSPS) is 11.1. The Morgan fingerprint density at radius 3 is 1.42 bits per heavy atom. The van der Waals surface area contributed by atoms with Crippen LogP contribution in [0.5, 0.6) is 0 Å². The van der Waals surface area contributed by atoms with Gasteiger partial charge in [0.1, 0.15) is 10.1 Å². The van der Waals surface area contributed by atoms with Gasteiger partial charge in [-0.1, -0.05) is 54.6 Å². The molecule has 0 N–H and O–H groups in total. The first kappa shape index (κ1) is 25.6. The number of hydrogen-bond donors (Lipinski definition) is 0. The predicted molar refractivity (Wildman–Crippen MR) is 153 cm³/mol. The maximum Gasteiger partial charge on any atom is 0.287 e. The lowest BCUT2D eigenvalue weighted by molar-refractivity contribution is 0.240. The first-order chi connectivity index (χ1) is 18.3. The summed E-state index contributed by atoms with van der Waals surface area (Å²) in [4.78, 5) is 47.1. The van der Waals surface area contributed by atoms with Gasteiger partial charge in [-0.3, -0.25) is 9.59 Å². The number of carbonyl (C=O) groups is 2. The van der Waals surface area contributed by atoms with E-state index in [-0.39, 0.29) is 10.5 Å². The fourth-order valence-electron chi connectivity index (χ4n) is 3.65. The molecule has 0 saturated heterocycles. The fraction of sp³-hybridized carbons (Fsp3) is 0.143. The van der Waals surface area contributed by atoms with Crippen LogP contribution in [0.15, 0.2) is 82.8 Å². The molecule has 0 aliphatic rings. The predicted octanol–water partition coefficient (Wildman–Crippen LogP) is 6.45. The van der Waals surface area contributed by atoms with E-state index in [4.69, 9.17) is 19.9 Å². The third kappa shape index (κ3) is 5.32. The maximum atomic E-state index is 12.5. The van der Waals surface area contributed by atoms with Crippen LogP contribution in [0, 0.1) is 0 Å². The molecule has 0 atom stereocenters. The van der Waals surface area contributed by atoms with E-state index in [2.05, 4.69) is 0 Å². The van der Waals surface area contributed by atoms with Crippen molar-refractivity contribution >= 4 is 55.8 Å². The number of nitrogens with zero attached hydrogens (tertiary/aromatic N) is 6. The number of thioether (sulfide) groups is 2. The molecule has 3 aromatic carbocycles. The molecule has 38 heavy (non-hydrogen) atoms. The lowest BCUT2D eigenvalue weighted by Crippen LogP contribution is -2.16. The van der Waals surface area contributed by atoms with Gasteiger partial charge in [0.25, 0.3) is 10.5 Å². The van der Waals surface area contributed by atoms with Crippen LogP contribution in [0.2, 0.25) is 0 Å². The summed E-state index contributed by atoms with van der Waals surface area (Å²) in [6.45, 7) is 0. The van der Waals surface area contributed by atoms with E-state index in [0.29, 0.717) is 21.7 Å². The molecule has 0 spiro atoms. The van der Waals surface area contributed by atoms with Crippen molar-refractivity contribution in [2.45, 2.75) is 10.1 Å². The molecule has 0 aliphatic carbocycles. The minimum atomic E-state index is -0.115. The summed E-state index contributed by atoms with van der Waals surface area (Å²) in [6, 6.07) is 23.0. The van der Waals surface area contributed by atoms with E-state index in [1.807, 2.05) is 72.8 Å². The van der Waals surface area contributed by atoms with E-state index in [1.165, 1.54) is 9.80 Å². The van der Waals surface area contributed by atoms with Crippen LogP contribution in [0.1, 0.15) is 0 Å². The van der Waals surface area contributed by atoms with Crippen LogP contribution in [0.4, 0.5) is 9.59 Å². The second kappa shape index (κ2) is 10.8. The summed E-state index contributed by atoms with van der Waals surface area (Å²) < 4.78 is 0. The van der Waals surface area contributed by atoms with Crippen molar-refractivity contribution in [2.24, 2.45) is 0 Å². The van der Waals surface area contributed by atoms with Crippen molar-refractivity contribution in [3.8, 4) is 22.8 Å². The van der Waals surface area contributed by atoms with Gasteiger partial charge < -0.3 is 9.80 Å². The van der Waals surface area contributed by atoms with Gasteiger partial charge in [-0.05, 0) is 41.7 Å². The van der Waals surface area contributed by atoms with Crippen molar-refractivity contribution in [3.63, 3.8) is 0 Å². The molecular weight excluding hydrogens is 516 g/mol. The molecule has 0 bridgehead atoms. The van der Waals surface area contributed by atoms with Gasteiger partial charge in [-0.15, -0.1) is 0 Å². The first-order valence-corrected chi connectivity index (χ1v) is 13.4. The van der Waals surface area contributed by atoms with Gasteiger partial charge in [0.05, 0.1) is 11.0 Å². The molecule has 0 saturated carbocycles. The van der Waals surface area contributed by atoms with Gasteiger partial charge in [0.15, 0.2) is 11.6 Å². The molecule has 0 aliphatic heterocycles. The van der Waals surface area contributed by atoms with Gasteiger partial charge in [-0.25, -0.2) is 19.9 Å². The molecular formula is C28H24N6O2S2. The second-order valence-electron chi connectivity index (χ2n) is 8.84. The molecule has 5 rings (SSSR count). The van der Waals surface area contributed by atoms with Crippen molar-refractivity contribution in [1.82, 2.24) is 29.7 Å². The molecule has 10 heteroatoms. The molecule has 0 fully saturated rings. The second-order valence-corrected chi connectivity index (χ2v) is 10.7. The largest absolute Gasteiger partial charge is 0.339 e. The number of fused-ring (bicyclic) bond motifs is 2. The first-order valence-electron chi connectivity index (χ1n) is 11.7. The van der Waals surface area contributed by atoms with E-state index in [0.717, 1.165) is 56.5 Å². The maximum absolute atomic E-state index is 12.5. The highest BCUT2D eigenvalue weighted by atomic mass is 32.2. The van der Waals surface area contributed by atoms with Crippen molar-refractivity contribution in [1.29, 1.82) is 0 Å². The Bertz CT molecular complexity index is 1570. The number of amides is 2. The Hall–Kier alpha value is -4.02. The molecule has 2 amide bonds. The van der Waals surface area contributed by atoms with Gasteiger partial charge in [0, 0.05) is 50.1 Å². The van der Waals surface area contributed by atoms with Gasteiger partial charge >= 0.3 is 0 Å². The van der Waals surface area contributed by atoms with Crippen LogP contribution in [0.3, 0.4) is 0 Å². The Morgan fingerprint density at radius 2 is 1.00 bits per heavy atom. The standard InChI is InChI=1S/C28H24N6O2S2/c1-33(2)27(35)37-25-19-12-5-7-14-21(19)29-23(31-25)17-10-9-11-18(16-17)24-30-22-15-8-6-13-20(22)26(32-24)38-28(36)34(3)4/h5-16H,1-4H3. The molecule has 5 aromatic rings. The lowest BCUT2D eigenvalue weighted by Gasteiger charge is -2.13. The zero-order valence-electron chi connectivity index (χ0n) is 21.2. The van der Waals surface area contributed by atoms with Crippen LogP contribution in [-0.2, 0) is 0 Å². The van der Waals surface area contributed by atoms with Crippen molar-refractivity contribution < 1.29 is 9.59 Å². The quantitative estimate of drug-likeness (QED) is 0.190. The number of aromatic nitrogens is 4. The van der Waals surface area contributed by atoms with E-state index >= 15 is 0 Å². The summed E-state index contributed by atoms with van der Waals surface area (Å²) in [5.41, 5.74) is 3.03. The number of carbonyl (C=O) groups excluding carboxylic acids is 2. The Morgan fingerprint density at radius 1 is 0.579 bits per heavy atom. The smallest absolute Gasteiger partial charge is 0.287 e. The Kier molecular flexibility index (Phi) is 7.26. The van der Waals surface area contributed by atoms with Gasteiger partial charge in [0.2, 0.25) is 0 Å². The highest BCUT2D eigenvalue weighted by Crippen LogP contribution is 2.33. The third-order valence-electron chi connectivity index (χ3n) is 5.61. The molecule has 0 radical (unpaired) electrons. The topological polar surface area (TPSA) is 92.2 Å². The Labute approximate surface area is 228 Å². The Balaban J connectivity index is 1.60. The third-order valence-corrected chi connectivity index (χ3v) is 7.70. The fourth-order valence-corrected chi connectivity index (χ4v) is 5.18. The van der Waals surface area contributed by atoms with Crippen LogP contribution in [0.25, 0.3) is 44.6 Å². The van der Waals surface area contributed by atoms with Crippen molar-refractivity contribution in [3.05, 3.63) is 72.8 Å². The van der Waals surface area contributed by atoms with Crippen molar-refractivity contribution in [2.75, 3.05) is 28.2 Å². The van der Waals surface area contributed by atoms with Crippen LogP contribution in [-0.4, -0.2) is 68.4 Å². The van der Waals surface area contributed by atoms with Gasteiger partial charge in [-0.2, -0.15) is 0 Å². The highest BCUT2D eigenvalue weighted by molar-refractivity contribution is 8.13. The molecule has 190 valence electrons. The summed E-state index contributed by atoms with van der Waals surface area (Å²) in [5, 5.41) is 2.59. The minimum Gasteiger partial charge on any atom is -0.339 e. The average Bonchev–Trinajstić information content (AvgIpc) is 2.92. The SMILES string of the molecule is CN(C)C(=O)Sc1nc(-c2cccc(-c3nc(SC(=O)N(C)C)c4ccccc4n3)c2)nc2ccccc12. The van der Waals surface area contributed by atoms with E-state index in [1.54, 1.807) is 28.2 Å². The van der Waals surface area contributed by atoms with Crippen LogP contribution >= 0.6 is 23.5 Å². The minimum absolute atomic E-state index is 0.115. The molecule has 2 aromatic heterocycles. The molecule has 8 nitrogen and oxygen atoms in total. The number of para-hydroxylation sites is 2. The number of rotatable bonds is 4. The highest BCUT2D eigenvalue weighted by Gasteiger charge is 2.17. The zero-order chi connectivity index (χ0) is 26.8. The summed E-state index contributed by atoms with van der Waals surface area (Å²) in [7, 11) is 6.85. The van der Waals surface area contributed by atoms with Crippen LogP contribution < -0.4 is 0 Å². The lowest BCUT2D eigenvalue weighted by atomic mass is 10.1. The summed E-state index contributed by atoms with van der Waals surface area (Å²) >= 11 is 2.15.